The van der Waals surface area contributed by atoms with Gasteiger partial charge in [0, 0.05) is 54.6 Å². The van der Waals surface area contributed by atoms with Gasteiger partial charge < -0.3 is 9.32 Å². The molecule has 5 rings (SSSR count). The zero-order valence-corrected chi connectivity index (χ0v) is 17.2. The standard InChI is InChI=1S/C21H19ClFN3O2S/c22-14-1-2-19-16(9-14)13(12-29-19)3-4-25-5-7-26(8-6-25)18-11-15(23)10-17-20(18)28-21(27)24-17/h1-2,9-12H,3-8H2,(H,24,27). The zero-order valence-electron chi connectivity index (χ0n) is 15.6. The Hall–Kier alpha value is -2.35. The predicted octanol–water partition coefficient (Wildman–Crippen LogP) is 4.49. The second kappa shape index (κ2) is 7.48. The van der Waals surface area contributed by atoms with Gasteiger partial charge in [0.2, 0.25) is 0 Å². The first-order valence-electron chi connectivity index (χ1n) is 9.52. The van der Waals surface area contributed by atoms with Gasteiger partial charge in [-0.2, -0.15) is 0 Å². The molecule has 0 unspecified atom stereocenters. The molecule has 1 fully saturated rings. The lowest BCUT2D eigenvalue weighted by Gasteiger charge is -2.36. The number of aromatic nitrogens is 1. The van der Waals surface area contributed by atoms with E-state index < -0.39 is 5.76 Å². The molecule has 1 N–H and O–H groups in total. The average molecular weight is 432 g/mol. The quantitative estimate of drug-likeness (QED) is 0.517. The number of halogens is 2. The molecule has 29 heavy (non-hydrogen) atoms. The molecule has 0 amide bonds. The zero-order chi connectivity index (χ0) is 20.0. The van der Waals surface area contributed by atoms with Gasteiger partial charge in [0.15, 0.2) is 5.58 Å². The molecule has 0 spiro atoms. The van der Waals surface area contributed by atoms with E-state index in [2.05, 4.69) is 26.2 Å². The van der Waals surface area contributed by atoms with Crippen molar-refractivity contribution in [1.29, 1.82) is 0 Å². The Labute approximate surface area is 175 Å². The van der Waals surface area contributed by atoms with Crippen LogP contribution in [-0.4, -0.2) is 42.6 Å². The van der Waals surface area contributed by atoms with Gasteiger partial charge in [-0.1, -0.05) is 11.6 Å². The van der Waals surface area contributed by atoms with Crippen molar-refractivity contribution >= 4 is 49.8 Å². The van der Waals surface area contributed by atoms with Gasteiger partial charge in [-0.3, -0.25) is 9.88 Å². The Morgan fingerprint density at radius 1 is 1.17 bits per heavy atom. The average Bonchev–Trinajstić information content (AvgIpc) is 3.28. The van der Waals surface area contributed by atoms with Crippen molar-refractivity contribution in [3.8, 4) is 0 Å². The monoisotopic (exact) mass is 431 g/mol. The summed E-state index contributed by atoms with van der Waals surface area (Å²) in [6, 6.07) is 8.77. The molecule has 3 heterocycles. The molecule has 4 aromatic rings. The maximum atomic E-state index is 14.0. The topological polar surface area (TPSA) is 52.5 Å². The van der Waals surface area contributed by atoms with Crippen molar-refractivity contribution < 1.29 is 8.81 Å². The molecular weight excluding hydrogens is 413 g/mol. The van der Waals surface area contributed by atoms with Crippen LogP contribution >= 0.6 is 22.9 Å². The van der Waals surface area contributed by atoms with Crippen molar-refractivity contribution in [3.05, 3.63) is 62.7 Å². The first-order valence-corrected chi connectivity index (χ1v) is 10.8. The second-order valence-electron chi connectivity index (χ2n) is 7.30. The van der Waals surface area contributed by atoms with Crippen LogP contribution in [0.15, 0.2) is 44.9 Å². The largest absolute Gasteiger partial charge is 0.417 e. The van der Waals surface area contributed by atoms with Crippen molar-refractivity contribution in [1.82, 2.24) is 9.88 Å². The minimum absolute atomic E-state index is 0.380. The summed E-state index contributed by atoms with van der Waals surface area (Å²) in [5, 5.41) is 4.23. The Morgan fingerprint density at radius 3 is 2.83 bits per heavy atom. The van der Waals surface area contributed by atoms with Gasteiger partial charge in [-0.25, -0.2) is 9.18 Å². The molecule has 2 aromatic heterocycles. The summed E-state index contributed by atoms with van der Waals surface area (Å²) in [6.07, 6.45) is 0.969. The number of H-pyrrole nitrogens is 1. The number of nitrogens with zero attached hydrogens (tertiary/aromatic N) is 2. The molecule has 0 bridgehead atoms. The second-order valence-corrected chi connectivity index (χ2v) is 8.64. The lowest BCUT2D eigenvalue weighted by Crippen LogP contribution is -2.47. The van der Waals surface area contributed by atoms with Crippen molar-refractivity contribution in [2.45, 2.75) is 6.42 Å². The molecule has 0 aliphatic carbocycles. The Morgan fingerprint density at radius 2 is 2.00 bits per heavy atom. The highest BCUT2D eigenvalue weighted by Gasteiger charge is 2.21. The SMILES string of the molecule is O=c1[nH]c2cc(F)cc(N3CCN(CCc4csc5ccc(Cl)cc45)CC3)c2o1. The van der Waals surface area contributed by atoms with E-state index in [9.17, 15) is 9.18 Å². The number of piperazine rings is 1. The molecule has 5 nitrogen and oxygen atoms in total. The number of fused-ring (bicyclic) bond motifs is 2. The van der Waals surface area contributed by atoms with Crippen molar-refractivity contribution in [2.75, 3.05) is 37.6 Å². The maximum Gasteiger partial charge on any atom is 0.417 e. The maximum absolute atomic E-state index is 14.0. The molecule has 1 aliphatic rings. The molecule has 1 aliphatic heterocycles. The minimum Gasteiger partial charge on any atom is -0.406 e. The summed E-state index contributed by atoms with van der Waals surface area (Å²) >= 11 is 7.91. The molecule has 8 heteroatoms. The highest BCUT2D eigenvalue weighted by atomic mass is 35.5. The van der Waals surface area contributed by atoms with Gasteiger partial charge in [0.25, 0.3) is 0 Å². The normalized spacial score (nSPS) is 15.6. The van der Waals surface area contributed by atoms with Gasteiger partial charge in [-0.05, 0) is 40.9 Å². The summed E-state index contributed by atoms with van der Waals surface area (Å²) in [5.41, 5.74) is 2.79. The minimum atomic E-state index is -0.562. The van der Waals surface area contributed by atoms with Gasteiger partial charge >= 0.3 is 5.76 Å². The smallest absolute Gasteiger partial charge is 0.406 e. The third kappa shape index (κ3) is 3.66. The summed E-state index contributed by atoms with van der Waals surface area (Å²) < 4.78 is 20.5. The number of hydrogen-bond acceptors (Lipinski definition) is 5. The van der Waals surface area contributed by atoms with Crippen LogP contribution in [0.1, 0.15) is 5.56 Å². The fourth-order valence-electron chi connectivity index (χ4n) is 3.98. The Balaban J connectivity index is 1.26. The number of nitrogens with one attached hydrogen (secondary N) is 1. The van der Waals surface area contributed by atoms with Crippen LogP contribution in [0.2, 0.25) is 5.02 Å². The highest BCUT2D eigenvalue weighted by molar-refractivity contribution is 7.17. The van der Waals surface area contributed by atoms with E-state index in [0.717, 1.165) is 44.2 Å². The summed E-state index contributed by atoms with van der Waals surface area (Å²) in [6.45, 7) is 4.21. The molecule has 0 saturated carbocycles. The number of rotatable bonds is 4. The van der Waals surface area contributed by atoms with Crippen molar-refractivity contribution in [3.63, 3.8) is 0 Å². The molecule has 1 saturated heterocycles. The summed E-state index contributed by atoms with van der Waals surface area (Å²) in [7, 11) is 0. The molecule has 2 aromatic carbocycles. The molecule has 0 radical (unpaired) electrons. The third-order valence-electron chi connectivity index (χ3n) is 5.49. The lowest BCUT2D eigenvalue weighted by molar-refractivity contribution is 0.261. The number of thiophene rings is 1. The van der Waals surface area contributed by atoms with Crippen LogP contribution in [0.25, 0.3) is 21.2 Å². The van der Waals surface area contributed by atoms with Crippen LogP contribution < -0.4 is 10.7 Å². The van der Waals surface area contributed by atoms with E-state index in [4.69, 9.17) is 16.0 Å². The number of benzene rings is 2. The van der Waals surface area contributed by atoms with E-state index in [0.29, 0.717) is 16.8 Å². The van der Waals surface area contributed by atoms with Gasteiger partial charge in [-0.15, -0.1) is 11.3 Å². The van der Waals surface area contributed by atoms with Crippen LogP contribution in [0.3, 0.4) is 0 Å². The molecule has 150 valence electrons. The van der Waals surface area contributed by atoms with Gasteiger partial charge in [0.1, 0.15) is 5.82 Å². The summed E-state index contributed by atoms with van der Waals surface area (Å²) in [5.74, 6) is -0.941. The van der Waals surface area contributed by atoms with Crippen LogP contribution in [0.4, 0.5) is 10.1 Å². The van der Waals surface area contributed by atoms with Crippen molar-refractivity contribution in [2.24, 2.45) is 0 Å². The Bertz CT molecular complexity index is 1240. The number of hydrogen-bond donors (Lipinski definition) is 1. The van der Waals surface area contributed by atoms with E-state index in [1.54, 1.807) is 11.3 Å². The highest BCUT2D eigenvalue weighted by Crippen LogP contribution is 2.30. The van der Waals surface area contributed by atoms with E-state index in [-0.39, 0.29) is 5.82 Å². The molecular formula is C21H19ClFN3O2S. The van der Waals surface area contributed by atoms with E-state index >= 15 is 0 Å². The first-order chi connectivity index (χ1) is 14.1. The predicted molar refractivity (Wildman–Crippen MR) is 116 cm³/mol. The number of oxazole rings is 1. The van der Waals surface area contributed by atoms with Crippen LogP contribution in [0.5, 0.6) is 0 Å². The van der Waals surface area contributed by atoms with Gasteiger partial charge in [0.05, 0.1) is 11.2 Å². The number of anilines is 1. The van der Waals surface area contributed by atoms with E-state index in [1.807, 2.05) is 12.1 Å². The first kappa shape index (κ1) is 18.7. The summed E-state index contributed by atoms with van der Waals surface area (Å²) in [4.78, 5) is 18.5. The molecule has 0 atom stereocenters. The van der Waals surface area contributed by atoms with Crippen LogP contribution in [-0.2, 0) is 6.42 Å². The van der Waals surface area contributed by atoms with Crippen LogP contribution in [0, 0.1) is 5.82 Å². The Kier molecular flexibility index (Phi) is 4.81. The lowest BCUT2D eigenvalue weighted by atomic mass is 10.1. The fourth-order valence-corrected chi connectivity index (χ4v) is 5.13. The number of aromatic amines is 1. The third-order valence-corrected chi connectivity index (χ3v) is 6.74. The van der Waals surface area contributed by atoms with E-state index in [1.165, 1.54) is 27.8 Å². The fraction of sp³-hybridized carbons (Fsp3) is 0.286.